The molecule has 4 nitrogen and oxygen atoms in total. The highest BCUT2D eigenvalue weighted by molar-refractivity contribution is 8.13. The van der Waals surface area contributed by atoms with Gasteiger partial charge in [-0.25, -0.2) is 0 Å². The molecule has 1 fully saturated rings. The molecule has 1 atom stereocenters. The Morgan fingerprint density at radius 2 is 2.17 bits per heavy atom. The van der Waals surface area contributed by atoms with Gasteiger partial charge in [0.15, 0.2) is 5.12 Å². The van der Waals surface area contributed by atoms with Crippen molar-refractivity contribution in [1.29, 1.82) is 5.26 Å². The maximum Gasteiger partial charge on any atom is 0.418 e. The Bertz CT molecular complexity index is 682. The number of halogens is 3. The fourth-order valence-corrected chi connectivity index (χ4v) is 3.12. The zero-order valence-corrected chi connectivity index (χ0v) is 13.0. The predicted octanol–water partition coefficient (Wildman–Crippen LogP) is 3.21. The van der Waals surface area contributed by atoms with E-state index in [0.717, 1.165) is 28.8 Å². The molecule has 122 valence electrons. The second-order valence-electron chi connectivity index (χ2n) is 5.22. The van der Waals surface area contributed by atoms with Crippen LogP contribution in [0.25, 0.3) is 0 Å². The number of hydrogen-bond donors (Lipinski definition) is 0. The van der Waals surface area contributed by atoms with E-state index in [0.29, 0.717) is 5.75 Å². The van der Waals surface area contributed by atoms with Crippen LogP contribution in [0, 0.1) is 17.2 Å². The standard InChI is InChI=1S/C15H13F3N2O2S/c1-9(21)23-8-11-5-14(22)20(7-11)13-3-2-10(6-19)4-12(13)15(16,17)18/h2-4,11H,5,7-8H2,1H3. The molecule has 0 aliphatic carbocycles. The zero-order valence-electron chi connectivity index (χ0n) is 12.2. The van der Waals surface area contributed by atoms with Gasteiger partial charge in [-0.1, -0.05) is 11.8 Å². The Morgan fingerprint density at radius 1 is 1.48 bits per heavy atom. The van der Waals surface area contributed by atoms with Gasteiger partial charge < -0.3 is 4.90 Å². The van der Waals surface area contributed by atoms with Crippen molar-refractivity contribution in [2.45, 2.75) is 19.5 Å². The Hall–Kier alpha value is -2.01. The number of alkyl halides is 3. The predicted molar refractivity (Wildman–Crippen MR) is 79.8 cm³/mol. The van der Waals surface area contributed by atoms with Gasteiger partial charge in [0, 0.05) is 25.6 Å². The van der Waals surface area contributed by atoms with Crippen molar-refractivity contribution in [3.05, 3.63) is 29.3 Å². The Labute approximate surface area is 135 Å². The zero-order chi connectivity index (χ0) is 17.2. The third-order valence-corrected chi connectivity index (χ3v) is 4.49. The molecule has 1 amide bonds. The third-order valence-electron chi connectivity index (χ3n) is 3.45. The normalized spacial score (nSPS) is 18.1. The summed E-state index contributed by atoms with van der Waals surface area (Å²) in [7, 11) is 0. The quantitative estimate of drug-likeness (QED) is 0.846. The lowest BCUT2D eigenvalue weighted by atomic mass is 10.1. The molecule has 1 heterocycles. The SMILES string of the molecule is CC(=O)SCC1CC(=O)N(c2ccc(C#N)cc2C(F)(F)F)C1. The third kappa shape index (κ3) is 4.05. The van der Waals surface area contributed by atoms with Gasteiger partial charge >= 0.3 is 6.18 Å². The van der Waals surface area contributed by atoms with Gasteiger partial charge in [0.25, 0.3) is 0 Å². The molecule has 23 heavy (non-hydrogen) atoms. The van der Waals surface area contributed by atoms with Crippen LogP contribution in [-0.2, 0) is 15.8 Å². The first-order valence-corrected chi connectivity index (χ1v) is 7.76. The largest absolute Gasteiger partial charge is 0.418 e. The molecule has 0 bridgehead atoms. The average molecular weight is 342 g/mol. The van der Waals surface area contributed by atoms with E-state index in [1.165, 1.54) is 13.0 Å². The number of thioether (sulfide) groups is 1. The minimum atomic E-state index is -4.66. The molecular formula is C15H13F3N2O2S. The highest BCUT2D eigenvalue weighted by Gasteiger charge is 2.39. The number of carbonyl (C=O) groups excluding carboxylic acids is 2. The molecule has 0 radical (unpaired) electrons. The van der Waals surface area contributed by atoms with Gasteiger partial charge in [-0.05, 0) is 24.1 Å². The minimum Gasteiger partial charge on any atom is -0.311 e. The smallest absolute Gasteiger partial charge is 0.311 e. The summed E-state index contributed by atoms with van der Waals surface area (Å²) in [6, 6.07) is 4.83. The van der Waals surface area contributed by atoms with Crippen molar-refractivity contribution in [3.63, 3.8) is 0 Å². The van der Waals surface area contributed by atoms with Gasteiger partial charge in [0.05, 0.1) is 22.9 Å². The number of nitriles is 1. The number of amides is 1. The van der Waals surface area contributed by atoms with Crippen LogP contribution in [-0.4, -0.2) is 23.3 Å². The lowest BCUT2D eigenvalue weighted by Gasteiger charge is -2.22. The number of carbonyl (C=O) groups is 2. The summed E-state index contributed by atoms with van der Waals surface area (Å²) in [5.41, 5.74) is -1.35. The molecule has 1 aromatic rings. The van der Waals surface area contributed by atoms with Gasteiger partial charge in [0.2, 0.25) is 5.91 Å². The Morgan fingerprint density at radius 3 is 2.74 bits per heavy atom. The van der Waals surface area contributed by atoms with Crippen molar-refractivity contribution >= 4 is 28.5 Å². The molecule has 1 aliphatic heterocycles. The topological polar surface area (TPSA) is 61.2 Å². The second kappa shape index (κ2) is 6.62. The van der Waals surface area contributed by atoms with Crippen molar-refractivity contribution in [2.75, 3.05) is 17.2 Å². The van der Waals surface area contributed by atoms with Gasteiger partial charge in [0.1, 0.15) is 0 Å². The maximum atomic E-state index is 13.2. The lowest BCUT2D eigenvalue weighted by Crippen LogP contribution is -2.27. The summed E-state index contributed by atoms with van der Waals surface area (Å²) in [5, 5.41) is 8.68. The van der Waals surface area contributed by atoms with Crippen LogP contribution < -0.4 is 4.90 Å². The van der Waals surface area contributed by atoms with Crippen LogP contribution in [0.1, 0.15) is 24.5 Å². The monoisotopic (exact) mass is 342 g/mol. The second-order valence-corrected chi connectivity index (χ2v) is 6.42. The molecule has 0 N–H and O–H groups in total. The number of nitrogens with zero attached hydrogens (tertiary/aromatic N) is 2. The first-order valence-electron chi connectivity index (χ1n) is 6.77. The van der Waals surface area contributed by atoms with Crippen molar-refractivity contribution in [3.8, 4) is 6.07 Å². The van der Waals surface area contributed by atoms with E-state index >= 15 is 0 Å². The molecule has 0 spiro atoms. The molecule has 1 saturated heterocycles. The maximum absolute atomic E-state index is 13.2. The van der Waals surface area contributed by atoms with Crippen molar-refractivity contribution in [1.82, 2.24) is 0 Å². The first-order chi connectivity index (χ1) is 10.7. The summed E-state index contributed by atoms with van der Waals surface area (Å²) < 4.78 is 39.6. The molecule has 2 rings (SSSR count). The molecule has 8 heteroatoms. The number of anilines is 1. The number of rotatable bonds is 3. The van der Waals surface area contributed by atoms with E-state index < -0.39 is 17.6 Å². The summed E-state index contributed by atoms with van der Waals surface area (Å²) in [6.07, 6.45) is -4.55. The molecule has 1 aliphatic rings. The van der Waals surface area contributed by atoms with Crippen molar-refractivity contribution in [2.24, 2.45) is 5.92 Å². The van der Waals surface area contributed by atoms with Gasteiger partial charge in [-0.15, -0.1) is 0 Å². The minimum absolute atomic E-state index is 0.0924. The fourth-order valence-electron chi connectivity index (χ4n) is 2.43. The Balaban J connectivity index is 2.30. The summed E-state index contributed by atoms with van der Waals surface area (Å²) >= 11 is 1.06. The molecule has 1 unspecified atom stereocenters. The van der Waals surface area contributed by atoms with Gasteiger partial charge in [-0.2, -0.15) is 18.4 Å². The molecule has 0 saturated carbocycles. The molecule has 1 aromatic carbocycles. The van der Waals surface area contributed by atoms with Crippen molar-refractivity contribution < 1.29 is 22.8 Å². The van der Waals surface area contributed by atoms with E-state index in [4.69, 9.17) is 5.26 Å². The molecular weight excluding hydrogens is 329 g/mol. The number of hydrogen-bond acceptors (Lipinski definition) is 4. The van der Waals surface area contributed by atoms with Crippen LogP contribution in [0.4, 0.5) is 18.9 Å². The molecule has 0 aromatic heterocycles. The van der Waals surface area contributed by atoms with Crippen LogP contribution in [0.2, 0.25) is 0 Å². The first kappa shape index (κ1) is 17.3. The van der Waals surface area contributed by atoms with Gasteiger partial charge in [-0.3, -0.25) is 9.59 Å². The highest BCUT2D eigenvalue weighted by Crippen LogP contribution is 2.39. The Kier molecular flexibility index (Phi) is 5.00. The average Bonchev–Trinajstić information content (AvgIpc) is 2.84. The van der Waals surface area contributed by atoms with Crippen LogP contribution in [0.5, 0.6) is 0 Å². The summed E-state index contributed by atoms with van der Waals surface area (Å²) in [6.45, 7) is 1.54. The van der Waals surface area contributed by atoms with Crippen LogP contribution in [0.15, 0.2) is 18.2 Å². The van der Waals surface area contributed by atoms with E-state index in [9.17, 15) is 22.8 Å². The number of benzene rings is 1. The van der Waals surface area contributed by atoms with Crippen LogP contribution >= 0.6 is 11.8 Å². The van der Waals surface area contributed by atoms with E-state index in [1.54, 1.807) is 6.07 Å². The van der Waals surface area contributed by atoms with E-state index in [-0.39, 0.29) is 35.2 Å². The van der Waals surface area contributed by atoms with Crippen LogP contribution in [0.3, 0.4) is 0 Å². The summed E-state index contributed by atoms with van der Waals surface area (Å²) in [5.74, 6) is -0.183. The van der Waals surface area contributed by atoms with E-state index in [1.807, 2.05) is 0 Å². The lowest BCUT2D eigenvalue weighted by molar-refractivity contribution is -0.137. The fraction of sp³-hybridized carbons (Fsp3) is 0.400. The van der Waals surface area contributed by atoms with E-state index in [2.05, 4.69) is 0 Å². The highest BCUT2D eigenvalue weighted by atomic mass is 32.2. The summed E-state index contributed by atoms with van der Waals surface area (Å²) in [4.78, 5) is 24.1.